The van der Waals surface area contributed by atoms with E-state index in [2.05, 4.69) is 41.9 Å². The standard InChI is InChI=1S/C14H17NOS/c1-11(14-4-3-9-17-14)15-10-12-5-7-13(16-2)8-6-12/h3-9,11,15H,10H2,1-2H3/t11-/m1/s1. The zero-order chi connectivity index (χ0) is 12.1. The summed E-state index contributed by atoms with van der Waals surface area (Å²) >= 11 is 1.79. The van der Waals surface area contributed by atoms with Crippen LogP contribution in [0.4, 0.5) is 0 Å². The van der Waals surface area contributed by atoms with E-state index >= 15 is 0 Å². The summed E-state index contributed by atoms with van der Waals surface area (Å²) in [4.78, 5) is 1.37. The molecule has 0 spiro atoms. The Morgan fingerprint density at radius 3 is 2.59 bits per heavy atom. The fourth-order valence-electron chi connectivity index (χ4n) is 1.65. The van der Waals surface area contributed by atoms with Gasteiger partial charge in [-0.1, -0.05) is 18.2 Å². The van der Waals surface area contributed by atoms with Crippen LogP contribution in [0.2, 0.25) is 0 Å². The average molecular weight is 247 g/mol. The van der Waals surface area contributed by atoms with E-state index < -0.39 is 0 Å². The molecule has 0 bridgehead atoms. The van der Waals surface area contributed by atoms with E-state index in [0.29, 0.717) is 6.04 Å². The first-order valence-electron chi connectivity index (χ1n) is 5.69. The summed E-state index contributed by atoms with van der Waals surface area (Å²) in [5.74, 6) is 0.903. The van der Waals surface area contributed by atoms with E-state index in [4.69, 9.17) is 4.74 Å². The number of hydrogen-bond donors (Lipinski definition) is 1. The number of benzene rings is 1. The first kappa shape index (κ1) is 12.1. The van der Waals surface area contributed by atoms with E-state index in [0.717, 1.165) is 12.3 Å². The summed E-state index contributed by atoms with van der Waals surface area (Å²) in [6.07, 6.45) is 0. The van der Waals surface area contributed by atoms with Gasteiger partial charge in [0.15, 0.2) is 0 Å². The largest absolute Gasteiger partial charge is 0.497 e. The minimum Gasteiger partial charge on any atom is -0.497 e. The SMILES string of the molecule is COc1ccc(CN[C@H](C)c2cccs2)cc1. The van der Waals surface area contributed by atoms with Gasteiger partial charge in [-0.3, -0.25) is 0 Å². The highest BCUT2D eigenvalue weighted by Crippen LogP contribution is 2.19. The Labute approximate surface area is 106 Å². The number of methoxy groups -OCH3 is 1. The molecule has 0 amide bonds. The van der Waals surface area contributed by atoms with Crippen molar-refractivity contribution in [2.75, 3.05) is 7.11 Å². The van der Waals surface area contributed by atoms with Gasteiger partial charge in [0.1, 0.15) is 5.75 Å². The predicted molar refractivity (Wildman–Crippen MR) is 72.6 cm³/mol. The van der Waals surface area contributed by atoms with Crippen LogP contribution in [-0.2, 0) is 6.54 Å². The maximum absolute atomic E-state index is 5.13. The molecule has 0 saturated heterocycles. The van der Waals surface area contributed by atoms with Gasteiger partial charge in [0.05, 0.1) is 7.11 Å². The fourth-order valence-corrected chi connectivity index (χ4v) is 2.41. The molecule has 2 nitrogen and oxygen atoms in total. The number of hydrogen-bond acceptors (Lipinski definition) is 3. The van der Waals surface area contributed by atoms with Crippen molar-refractivity contribution in [2.45, 2.75) is 19.5 Å². The zero-order valence-corrected chi connectivity index (χ0v) is 11.0. The van der Waals surface area contributed by atoms with Crippen LogP contribution in [-0.4, -0.2) is 7.11 Å². The second-order valence-corrected chi connectivity index (χ2v) is 4.95. The van der Waals surface area contributed by atoms with Gasteiger partial charge in [-0.05, 0) is 36.1 Å². The van der Waals surface area contributed by atoms with Crippen molar-refractivity contribution >= 4 is 11.3 Å². The molecule has 0 unspecified atom stereocenters. The van der Waals surface area contributed by atoms with Gasteiger partial charge in [-0.25, -0.2) is 0 Å². The summed E-state index contributed by atoms with van der Waals surface area (Å²) < 4.78 is 5.13. The van der Waals surface area contributed by atoms with Crippen molar-refractivity contribution in [2.24, 2.45) is 0 Å². The van der Waals surface area contributed by atoms with Crippen LogP contribution in [0.15, 0.2) is 41.8 Å². The van der Waals surface area contributed by atoms with Crippen molar-refractivity contribution in [1.82, 2.24) is 5.32 Å². The molecule has 0 fully saturated rings. The molecule has 1 aromatic heterocycles. The second kappa shape index (κ2) is 5.84. The molecule has 0 saturated carbocycles. The highest BCUT2D eigenvalue weighted by atomic mass is 32.1. The fraction of sp³-hybridized carbons (Fsp3) is 0.286. The summed E-state index contributed by atoms with van der Waals surface area (Å²) in [7, 11) is 1.69. The zero-order valence-electron chi connectivity index (χ0n) is 10.1. The third-order valence-corrected chi connectivity index (χ3v) is 3.80. The molecule has 1 aromatic carbocycles. The van der Waals surface area contributed by atoms with E-state index in [1.165, 1.54) is 10.4 Å². The molecule has 1 heterocycles. The monoisotopic (exact) mass is 247 g/mol. The number of thiophene rings is 1. The number of nitrogens with one attached hydrogen (secondary N) is 1. The van der Waals surface area contributed by atoms with Crippen LogP contribution in [0.1, 0.15) is 23.4 Å². The van der Waals surface area contributed by atoms with E-state index in [-0.39, 0.29) is 0 Å². The maximum atomic E-state index is 5.13. The van der Waals surface area contributed by atoms with E-state index in [9.17, 15) is 0 Å². The Balaban J connectivity index is 1.89. The smallest absolute Gasteiger partial charge is 0.118 e. The summed E-state index contributed by atoms with van der Waals surface area (Å²) in [5, 5.41) is 5.62. The number of rotatable bonds is 5. The van der Waals surface area contributed by atoms with Crippen LogP contribution in [0, 0.1) is 0 Å². The molecule has 17 heavy (non-hydrogen) atoms. The van der Waals surface area contributed by atoms with E-state index in [1.54, 1.807) is 18.4 Å². The molecule has 1 N–H and O–H groups in total. The van der Waals surface area contributed by atoms with Crippen LogP contribution in [0.25, 0.3) is 0 Å². The van der Waals surface area contributed by atoms with Gasteiger partial charge in [-0.15, -0.1) is 11.3 Å². The lowest BCUT2D eigenvalue weighted by Crippen LogP contribution is -2.16. The lowest BCUT2D eigenvalue weighted by molar-refractivity contribution is 0.414. The molecule has 2 rings (SSSR count). The molecule has 0 aliphatic heterocycles. The highest BCUT2D eigenvalue weighted by Gasteiger charge is 2.05. The Morgan fingerprint density at radius 1 is 1.24 bits per heavy atom. The normalized spacial score (nSPS) is 12.4. The third kappa shape index (κ3) is 3.32. The average Bonchev–Trinajstić information content (AvgIpc) is 2.90. The van der Waals surface area contributed by atoms with Crippen molar-refractivity contribution in [3.05, 3.63) is 52.2 Å². The Morgan fingerprint density at radius 2 is 2.00 bits per heavy atom. The highest BCUT2D eigenvalue weighted by molar-refractivity contribution is 7.10. The van der Waals surface area contributed by atoms with Gasteiger partial charge >= 0.3 is 0 Å². The molecular weight excluding hydrogens is 230 g/mol. The van der Waals surface area contributed by atoms with Gasteiger partial charge < -0.3 is 10.1 Å². The van der Waals surface area contributed by atoms with Gasteiger partial charge in [-0.2, -0.15) is 0 Å². The van der Waals surface area contributed by atoms with E-state index in [1.807, 2.05) is 12.1 Å². The Hall–Kier alpha value is -1.32. The van der Waals surface area contributed by atoms with Crippen LogP contribution in [0.3, 0.4) is 0 Å². The summed E-state index contributed by atoms with van der Waals surface area (Å²) in [6.45, 7) is 3.07. The Bertz CT molecular complexity index is 436. The van der Waals surface area contributed by atoms with Crippen LogP contribution >= 0.6 is 11.3 Å². The van der Waals surface area contributed by atoms with Crippen molar-refractivity contribution < 1.29 is 4.74 Å². The quantitative estimate of drug-likeness (QED) is 0.871. The van der Waals surface area contributed by atoms with Crippen molar-refractivity contribution in [3.8, 4) is 5.75 Å². The topological polar surface area (TPSA) is 21.3 Å². The van der Waals surface area contributed by atoms with Gasteiger partial charge in [0.2, 0.25) is 0 Å². The molecule has 3 heteroatoms. The molecular formula is C14H17NOS. The molecule has 2 aromatic rings. The van der Waals surface area contributed by atoms with Crippen LogP contribution < -0.4 is 10.1 Å². The molecule has 0 aliphatic rings. The molecule has 0 aliphatic carbocycles. The molecule has 1 atom stereocenters. The summed E-state index contributed by atoms with van der Waals surface area (Å²) in [6, 6.07) is 12.8. The van der Waals surface area contributed by atoms with Crippen LogP contribution in [0.5, 0.6) is 5.75 Å². The van der Waals surface area contributed by atoms with Gasteiger partial charge in [0, 0.05) is 17.5 Å². The number of ether oxygens (including phenoxy) is 1. The molecule has 0 radical (unpaired) electrons. The second-order valence-electron chi connectivity index (χ2n) is 3.97. The summed E-state index contributed by atoms with van der Waals surface area (Å²) in [5.41, 5.74) is 1.27. The third-order valence-electron chi connectivity index (χ3n) is 2.74. The van der Waals surface area contributed by atoms with Gasteiger partial charge in [0.25, 0.3) is 0 Å². The maximum Gasteiger partial charge on any atom is 0.118 e. The van der Waals surface area contributed by atoms with Crippen molar-refractivity contribution in [3.63, 3.8) is 0 Å². The first-order chi connectivity index (χ1) is 8.29. The minimum atomic E-state index is 0.400. The van der Waals surface area contributed by atoms with Crippen molar-refractivity contribution in [1.29, 1.82) is 0 Å². The lowest BCUT2D eigenvalue weighted by Gasteiger charge is -2.12. The predicted octanol–water partition coefficient (Wildman–Crippen LogP) is 3.61. The molecule has 90 valence electrons. The first-order valence-corrected chi connectivity index (χ1v) is 6.57. The minimum absolute atomic E-state index is 0.400. The Kier molecular flexibility index (Phi) is 4.18. The lowest BCUT2D eigenvalue weighted by atomic mass is 10.2.